The fraction of sp³-hybridized carbons (Fsp3) is 0.650. The van der Waals surface area contributed by atoms with Crippen LogP contribution in [0.1, 0.15) is 102 Å². The SMILES string of the molecule is C=CCCC(=O)N(C)[C@@H](C)[C@@H](OC(=O)[C@@H]1[C@@H]2CC[C@]3(O2)[C@H](C(=O)N(CC=C)C2CCCCC2)N(CCCCCCO)C(=O)[C@@H]13)c1ccccc1. The van der Waals surface area contributed by atoms with Gasteiger partial charge in [-0.25, -0.2) is 0 Å². The molecule has 1 aliphatic carbocycles. The number of ether oxygens (including phenoxy) is 2. The zero-order valence-corrected chi connectivity index (χ0v) is 30.0. The van der Waals surface area contributed by atoms with E-state index in [4.69, 9.17) is 9.47 Å². The van der Waals surface area contributed by atoms with Gasteiger partial charge < -0.3 is 29.3 Å². The van der Waals surface area contributed by atoms with Crippen LogP contribution in [0, 0.1) is 11.8 Å². The predicted octanol–water partition coefficient (Wildman–Crippen LogP) is 5.36. The standard InChI is InChI=1S/C40H57N3O7/c1-5-7-22-32(45)41(4)28(3)35(29-18-12-10-13-19-29)49-39(48)33-31-23-24-40(50-31)34(33)37(46)43(26-16-8-9-17-27-44)36(40)38(47)42(25-6-2)30-20-14-11-15-21-30/h5-6,10,12-13,18-19,28,30-31,33-36,44H,1-2,7-9,11,14-17,20-27H2,3-4H3/t28-,31-,33+,34+,35+,36-,40+/m0/s1. The maximum absolute atomic E-state index is 14.8. The molecule has 1 N–H and O–H groups in total. The lowest BCUT2D eigenvalue weighted by atomic mass is 9.70. The third-order valence-corrected chi connectivity index (χ3v) is 11.6. The van der Waals surface area contributed by atoms with Crippen molar-refractivity contribution in [2.75, 3.05) is 26.7 Å². The molecule has 1 saturated carbocycles. The Labute approximate surface area is 297 Å². The molecule has 0 aromatic heterocycles. The normalized spacial score (nSPS) is 27.0. The third kappa shape index (κ3) is 7.57. The van der Waals surface area contributed by atoms with E-state index in [0.29, 0.717) is 51.6 Å². The van der Waals surface area contributed by atoms with Crippen LogP contribution in [-0.4, -0.2) is 100 Å². The van der Waals surface area contributed by atoms with E-state index in [1.54, 1.807) is 29.0 Å². The molecule has 1 spiro atoms. The van der Waals surface area contributed by atoms with Crippen LogP contribution in [0.4, 0.5) is 0 Å². The summed E-state index contributed by atoms with van der Waals surface area (Å²) in [4.78, 5) is 62.1. The Bertz CT molecular complexity index is 1360. The van der Waals surface area contributed by atoms with Gasteiger partial charge >= 0.3 is 5.97 Å². The summed E-state index contributed by atoms with van der Waals surface area (Å²) in [5.74, 6) is -2.66. The highest BCUT2D eigenvalue weighted by Gasteiger charge is 2.75. The molecule has 1 aromatic carbocycles. The van der Waals surface area contributed by atoms with Crippen molar-refractivity contribution in [2.24, 2.45) is 11.8 Å². The monoisotopic (exact) mass is 691 g/mol. The van der Waals surface area contributed by atoms with Crippen LogP contribution < -0.4 is 0 Å². The summed E-state index contributed by atoms with van der Waals surface area (Å²) in [5, 5.41) is 9.29. The van der Waals surface area contributed by atoms with Gasteiger partial charge in [-0.05, 0) is 57.4 Å². The number of likely N-dealkylation sites (N-methyl/N-ethyl adjacent to an activating group) is 1. The summed E-state index contributed by atoms with van der Waals surface area (Å²) in [6.45, 7) is 10.4. The molecule has 4 fully saturated rings. The lowest BCUT2D eigenvalue weighted by Gasteiger charge is -2.40. The number of hydrogen-bond donors (Lipinski definition) is 1. The zero-order chi connectivity index (χ0) is 35.8. The number of amides is 3. The number of allylic oxidation sites excluding steroid dienone is 1. The van der Waals surface area contributed by atoms with Crippen molar-refractivity contribution in [3.05, 3.63) is 61.2 Å². The predicted molar refractivity (Wildman–Crippen MR) is 191 cm³/mol. The molecule has 3 amide bonds. The molecule has 7 atom stereocenters. The lowest BCUT2D eigenvalue weighted by Crippen LogP contribution is -2.58. The number of carbonyl (C=O) groups excluding carboxylic acids is 4. The van der Waals surface area contributed by atoms with Crippen molar-refractivity contribution in [3.8, 4) is 0 Å². The van der Waals surface area contributed by atoms with Gasteiger partial charge in [-0.15, -0.1) is 13.2 Å². The minimum Gasteiger partial charge on any atom is -0.455 e. The number of hydrogen-bond acceptors (Lipinski definition) is 7. The van der Waals surface area contributed by atoms with Crippen molar-refractivity contribution in [2.45, 2.75) is 126 Å². The molecule has 3 saturated heterocycles. The van der Waals surface area contributed by atoms with Crippen LogP contribution in [0.15, 0.2) is 55.6 Å². The van der Waals surface area contributed by atoms with Gasteiger partial charge in [0.2, 0.25) is 17.7 Å². The summed E-state index contributed by atoms with van der Waals surface area (Å²) >= 11 is 0. The Morgan fingerprint density at radius 1 is 1.06 bits per heavy atom. The molecule has 0 unspecified atom stereocenters. The maximum atomic E-state index is 14.8. The number of esters is 1. The Kier molecular flexibility index (Phi) is 12.9. The van der Waals surface area contributed by atoms with Crippen LogP contribution in [-0.2, 0) is 28.7 Å². The molecule has 10 heteroatoms. The number of unbranched alkanes of at least 4 members (excludes halogenated alkanes) is 3. The minimum atomic E-state index is -1.12. The smallest absolute Gasteiger partial charge is 0.313 e. The van der Waals surface area contributed by atoms with Gasteiger partial charge in [-0.1, -0.05) is 74.6 Å². The summed E-state index contributed by atoms with van der Waals surface area (Å²) in [6.07, 6.45) is 12.2. The largest absolute Gasteiger partial charge is 0.455 e. The highest BCUT2D eigenvalue weighted by atomic mass is 16.6. The quantitative estimate of drug-likeness (QED) is 0.125. The molecule has 10 nitrogen and oxygen atoms in total. The number of rotatable bonds is 18. The van der Waals surface area contributed by atoms with E-state index in [1.165, 1.54) is 0 Å². The van der Waals surface area contributed by atoms with Crippen molar-refractivity contribution in [1.82, 2.24) is 14.7 Å². The molecule has 4 aliphatic rings. The van der Waals surface area contributed by atoms with Gasteiger partial charge in [-0.3, -0.25) is 19.2 Å². The van der Waals surface area contributed by atoms with Crippen LogP contribution in [0.5, 0.6) is 0 Å². The average Bonchev–Trinajstić information content (AvgIpc) is 3.78. The fourth-order valence-corrected chi connectivity index (χ4v) is 8.92. The minimum absolute atomic E-state index is 0.0740. The van der Waals surface area contributed by atoms with E-state index >= 15 is 0 Å². The van der Waals surface area contributed by atoms with Crippen LogP contribution >= 0.6 is 0 Å². The maximum Gasteiger partial charge on any atom is 0.313 e. The van der Waals surface area contributed by atoms with Gasteiger partial charge in [0.05, 0.1) is 24.0 Å². The van der Waals surface area contributed by atoms with Gasteiger partial charge in [0.15, 0.2) is 0 Å². The Hall–Kier alpha value is -3.50. The average molecular weight is 692 g/mol. The van der Waals surface area contributed by atoms with Crippen molar-refractivity contribution in [1.29, 1.82) is 0 Å². The molecule has 5 rings (SSSR count). The second kappa shape index (κ2) is 17.1. The summed E-state index contributed by atoms with van der Waals surface area (Å²) in [7, 11) is 1.71. The number of benzene rings is 1. The number of carbonyl (C=O) groups is 4. The third-order valence-electron chi connectivity index (χ3n) is 11.6. The number of likely N-dealkylation sites (tertiary alicyclic amines) is 1. The fourth-order valence-electron chi connectivity index (χ4n) is 8.92. The van der Waals surface area contributed by atoms with Crippen LogP contribution in [0.2, 0.25) is 0 Å². The van der Waals surface area contributed by atoms with E-state index in [-0.39, 0.29) is 30.4 Å². The van der Waals surface area contributed by atoms with Crippen molar-refractivity contribution >= 4 is 23.7 Å². The highest BCUT2D eigenvalue weighted by molar-refractivity contribution is 5.98. The lowest BCUT2D eigenvalue weighted by molar-refractivity contribution is -0.164. The van der Waals surface area contributed by atoms with Crippen LogP contribution in [0.3, 0.4) is 0 Å². The zero-order valence-electron chi connectivity index (χ0n) is 30.0. The molecular weight excluding hydrogens is 634 g/mol. The number of aliphatic hydroxyl groups is 1. The van der Waals surface area contributed by atoms with Crippen molar-refractivity contribution in [3.63, 3.8) is 0 Å². The van der Waals surface area contributed by atoms with Gasteiger partial charge in [-0.2, -0.15) is 0 Å². The summed E-state index contributed by atoms with van der Waals surface area (Å²) in [5.41, 5.74) is -0.370. The first kappa shape index (κ1) is 37.7. The molecule has 50 heavy (non-hydrogen) atoms. The number of nitrogens with zero attached hydrogens (tertiary/aromatic N) is 3. The van der Waals surface area contributed by atoms with Crippen molar-refractivity contribution < 1.29 is 33.8 Å². The molecule has 274 valence electrons. The first-order valence-corrected chi connectivity index (χ1v) is 18.8. The van der Waals surface area contributed by atoms with Gasteiger partial charge in [0.25, 0.3) is 0 Å². The first-order valence-electron chi connectivity index (χ1n) is 18.8. The van der Waals surface area contributed by atoms with Gasteiger partial charge in [0.1, 0.15) is 17.7 Å². The molecule has 2 bridgehead atoms. The number of aliphatic hydroxyl groups excluding tert-OH is 1. The van der Waals surface area contributed by atoms with E-state index in [9.17, 15) is 24.3 Å². The van der Waals surface area contributed by atoms with E-state index in [2.05, 4.69) is 13.2 Å². The molecule has 0 radical (unpaired) electrons. The molecule has 3 aliphatic heterocycles. The summed E-state index contributed by atoms with van der Waals surface area (Å²) in [6, 6.07) is 8.13. The highest BCUT2D eigenvalue weighted by Crippen LogP contribution is 2.59. The molecule has 3 heterocycles. The van der Waals surface area contributed by atoms with Gasteiger partial charge in [0, 0.05) is 39.2 Å². The van der Waals surface area contributed by atoms with E-state index < -0.39 is 47.7 Å². The second-order valence-electron chi connectivity index (χ2n) is 14.6. The van der Waals surface area contributed by atoms with Crippen LogP contribution in [0.25, 0.3) is 0 Å². The molecule has 1 aromatic rings. The summed E-state index contributed by atoms with van der Waals surface area (Å²) < 4.78 is 13.1. The second-order valence-corrected chi connectivity index (χ2v) is 14.6. The molecular formula is C40H57N3O7. The number of fused-ring (bicyclic) bond motifs is 1. The Morgan fingerprint density at radius 2 is 1.78 bits per heavy atom. The first-order chi connectivity index (χ1) is 24.2. The van der Waals surface area contributed by atoms with E-state index in [1.807, 2.05) is 42.2 Å². The Balaban J connectivity index is 1.45. The topological polar surface area (TPSA) is 117 Å². The Morgan fingerprint density at radius 3 is 2.46 bits per heavy atom. The van der Waals surface area contributed by atoms with E-state index in [0.717, 1.165) is 50.5 Å².